The number of anilines is 1. The van der Waals surface area contributed by atoms with Crippen molar-refractivity contribution in [3.05, 3.63) is 29.5 Å². The fourth-order valence-electron chi connectivity index (χ4n) is 5.01. The highest BCUT2D eigenvalue weighted by Crippen LogP contribution is 2.40. The fourth-order valence-corrected chi connectivity index (χ4v) is 5.01. The molecule has 10 nitrogen and oxygen atoms in total. The molecule has 0 unspecified atom stereocenters. The summed E-state index contributed by atoms with van der Waals surface area (Å²) in [6.45, 7) is 7.75. The first-order valence-corrected chi connectivity index (χ1v) is 12.1. The van der Waals surface area contributed by atoms with Crippen LogP contribution in [0.15, 0.2) is 18.2 Å². The van der Waals surface area contributed by atoms with E-state index in [1.165, 1.54) is 0 Å². The van der Waals surface area contributed by atoms with Crippen molar-refractivity contribution in [3.8, 4) is 17.2 Å². The third-order valence-electron chi connectivity index (χ3n) is 6.78. The largest absolute Gasteiger partial charge is 0.493 e. The summed E-state index contributed by atoms with van der Waals surface area (Å²) in [4.78, 5) is 32.2. The molecular formula is C25H35N5O5. The number of rotatable bonds is 8. The molecule has 190 valence electrons. The van der Waals surface area contributed by atoms with E-state index in [1.807, 2.05) is 41.6 Å². The summed E-state index contributed by atoms with van der Waals surface area (Å²) >= 11 is 0. The molecule has 0 aliphatic carbocycles. The van der Waals surface area contributed by atoms with Gasteiger partial charge >= 0.3 is 0 Å². The van der Waals surface area contributed by atoms with Crippen molar-refractivity contribution in [1.82, 2.24) is 19.6 Å². The van der Waals surface area contributed by atoms with Crippen molar-refractivity contribution in [3.63, 3.8) is 0 Å². The minimum absolute atomic E-state index is 0.00324. The number of carbonyl (C=O) groups excluding carboxylic acids is 2. The summed E-state index contributed by atoms with van der Waals surface area (Å²) in [6.07, 6.45) is 0.913. The fraction of sp³-hybridized carbons (Fsp3) is 0.560. The average molecular weight is 486 g/mol. The Morgan fingerprint density at radius 1 is 1.03 bits per heavy atom. The quantitative estimate of drug-likeness (QED) is 0.566. The van der Waals surface area contributed by atoms with Crippen LogP contribution in [-0.4, -0.2) is 84.9 Å². The number of hydrogen-bond donors (Lipinski definition) is 0. The van der Waals surface area contributed by atoms with Gasteiger partial charge in [0, 0.05) is 50.8 Å². The van der Waals surface area contributed by atoms with Gasteiger partial charge in [-0.1, -0.05) is 13.0 Å². The highest BCUT2D eigenvalue weighted by molar-refractivity contribution is 6.01. The molecule has 10 heteroatoms. The molecule has 1 saturated heterocycles. The number of fused-ring (bicyclic) bond motifs is 1. The van der Waals surface area contributed by atoms with Crippen LogP contribution >= 0.6 is 0 Å². The molecule has 2 aliphatic heterocycles. The number of hydrogen-bond acceptors (Lipinski definition) is 7. The maximum Gasteiger partial charge on any atom is 0.245 e. The Morgan fingerprint density at radius 2 is 1.74 bits per heavy atom. The monoisotopic (exact) mass is 485 g/mol. The Kier molecular flexibility index (Phi) is 7.49. The Hall–Kier alpha value is -3.27. The molecule has 0 saturated carbocycles. The molecule has 0 bridgehead atoms. The number of carbonyl (C=O) groups is 2. The van der Waals surface area contributed by atoms with Crippen molar-refractivity contribution < 1.29 is 23.8 Å². The van der Waals surface area contributed by atoms with E-state index in [4.69, 9.17) is 14.2 Å². The van der Waals surface area contributed by atoms with Gasteiger partial charge in [-0.25, -0.2) is 4.68 Å². The maximum absolute atomic E-state index is 13.5. The molecule has 1 fully saturated rings. The van der Waals surface area contributed by atoms with Crippen molar-refractivity contribution in [1.29, 1.82) is 0 Å². The smallest absolute Gasteiger partial charge is 0.245 e. The van der Waals surface area contributed by atoms with Gasteiger partial charge in [0.2, 0.25) is 17.6 Å². The van der Waals surface area contributed by atoms with Gasteiger partial charge in [-0.05, 0) is 19.4 Å². The van der Waals surface area contributed by atoms with Crippen molar-refractivity contribution >= 4 is 17.6 Å². The molecule has 4 rings (SSSR count). The highest BCUT2D eigenvalue weighted by atomic mass is 16.5. The minimum Gasteiger partial charge on any atom is -0.493 e. The lowest BCUT2D eigenvalue weighted by Crippen LogP contribution is -2.57. The second kappa shape index (κ2) is 10.6. The van der Waals surface area contributed by atoms with Gasteiger partial charge in [0.1, 0.15) is 11.9 Å². The van der Waals surface area contributed by atoms with E-state index in [9.17, 15) is 9.59 Å². The molecule has 35 heavy (non-hydrogen) atoms. The van der Waals surface area contributed by atoms with Gasteiger partial charge in [0.15, 0.2) is 11.5 Å². The second-order valence-corrected chi connectivity index (χ2v) is 8.90. The number of piperazine rings is 1. The van der Waals surface area contributed by atoms with Gasteiger partial charge < -0.3 is 19.1 Å². The molecule has 1 aromatic carbocycles. The number of aryl methyl sites for hydroxylation is 2. The predicted octanol–water partition coefficient (Wildman–Crippen LogP) is 2.08. The number of methoxy groups -OCH3 is 3. The topological polar surface area (TPSA) is 89.4 Å². The molecule has 1 atom stereocenters. The normalized spacial score (nSPS) is 17.2. The summed E-state index contributed by atoms with van der Waals surface area (Å²) in [5.41, 5.74) is 1.85. The average Bonchev–Trinajstić information content (AvgIpc) is 3.25. The highest BCUT2D eigenvalue weighted by Gasteiger charge is 2.37. The number of amides is 2. The molecule has 0 radical (unpaired) electrons. The zero-order chi connectivity index (χ0) is 25.1. The molecule has 2 amide bonds. The van der Waals surface area contributed by atoms with E-state index in [0.717, 1.165) is 30.2 Å². The molecule has 3 heterocycles. The van der Waals surface area contributed by atoms with Gasteiger partial charge in [-0.15, -0.1) is 0 Å². The summed E-state index contributed by atoms with van der Waals surface area (Å²) in [6, 6.07) is 5.24. The molecular weight excluding hydrogens is 450 g/mol. The molecule has 0 N–H and O–H groups in total. The predicted molar refractivity (Wildman–Crippen MR) is 131 cm³/mol. The van der Waals surface area contributed by atoms with Crippen LogP contribution in [0.25, 0.3) is 0 Å². The van der Waals surface area contributed by atoms with Gasteiger partial charge in [0.25, 0.3) is 0 Å². The maximum atomic E-state index is 13.5. The second-order valence-electron chi connectivity index (χ2n) is 8.90. The van der Waals surface area contributed by atoms with E-state index >= 15 is 0 Å². The van der Waals surface area contributed by atoms with Crippen LogP contribution in [0, 0.1) is 6.92 Å². The Labute approximate surface area is 206 Å². The number of benzene rings is 1. The molecule has 1 aromatic heterocycles. The summed E-state index contributed by atoms with van der Waals surface area (Å²) in [5, 5.41) is 4.48. The van der Waals surface area contributed by atoms with E-state index < -0.39 is 6.04 Å². The van der Waals surface area contributed by atoms with Gasteiger partial charge in [-0.3, -0.25) is 19.4 Å². The van der Waals surface area contributed by atoms with E-state index in [0.29, 0.717) is 56.3 Å². The van der Waals surface area contributed by atoms with Crippen LogP contribution in [0.1, 0.15) is 31.0 Å². The lowest BCUT2D eigenvalue weighted by Gasteiger charge is -2.40. The zero-order valence-corrected chi connectivity index (χ0v) is 21.2. The van der Waals surface area contributed by atoms with Crippen LogP contribution in [0.4, 0.5) is 5.82 Å². The molecule has 2 aliphatic rings. The Morgan fingerprint density at radius 3 is 2.37 bits per heavy atom. The van der Waals surface area contributed by atoms with Crippen LogP contribution in [0.2, 0.25) is 0 Å². The van der Waals surface area contributed by atoms with Crippen LogP contribution in [0.5, 0.6) is 17.2 Å². The Balaban J connectivity index is 1.43. The SMILES string of the molecule is CC[C@@H](C(=O)N1CCN(Cc2ccc(OC)c(OC)c2OC)CC1)N1C(=O)CCn2nc(C)cc21. The lowest BCUT2D eigenvalue weighted by atomic mass is 10.1. The number of ether oxygens (including phenoxy) is 3. The van der Waals surface area contributed by atoms with Crippen molar-refractivity contribution in [2.45, 2.75) is 45.8 Å². The summed E-state index contributed by atoms with van der Waals surface area (Å²) in [7, 11) is 4.82. The molecule has 2 aromatic rings. The van der Waals surface area contributed by atoms with Gasteiger partial charge in [-0.2, -0.15) is 5.10 Å². The van der Waals surface area contributed by atoms with Crippen molar-refractivity contribution in [2.75, 3.05) is 52.4 Å². The third kappa shape index (κ3) is 4.80. The minimum atomic E-state index is -0.518. The first-order chi connectivity index (χ1) is 16.9. The summed E-state index contributed by atoms with van der Waals surface area (Å²) < 4.78 is 18.3. The van der Waals surface area contributed by atoms with Crippen molar-refractivity contribution in [2.24, 2.45) is 0 Å². The first kappa shape index (κ1) is 24.8. The summed E-state index contributed by atoms with van der Waals surface area (Å²) in [5.74, 6) is 2.56. The van der Waals surface area contributed by atoms with Gasteiger partial charge in [0.05, 0.1) is 33.6 Å². The van der Waals surface area contributed by atoms with Crippen LogP contribution in [-0.2, 0) is 22.7 Å². The van der Waals surface area contributed by atoms with Crippen LogP contribution in [0.3, 0.4) is 0 Å². The standard InChI is InChI=1S/C25H35N5O5/c1-6-19(30-21-15-17(2)26-29(21)10-9-22(30)31)25(32)28-13-11-27(12-14-28)16-18-7-8-20(33-3)24(35-5)23(18)34-4/h7-8,15,19H,6,9-14,16H2,1-5H3/t19-/m0/s1. The Bertz CT molecular complexity index is 1080. The number of aromatic nitrogens is 2. The zero-order valence-electron chi connectivity index (χ0n) is 21.2. The molecule has 0 spiro atoms. The van der Waals surface area contributed by atoms with E-state index in [1.54, 1.807) is 26.2 Å². The van der Waals surface area contributed by atoms with E-state index in [-0.39, 0.29) is 11.8 Å². The van der Waals surface area contributed by atoms with Crippen LogP contribution < -0.4 is 19.1 Å². The first-order valence-electron chi connectivity index (χ1n) is 12.1. The number of nitrogens with zero attached hydrogens (tertiary/aromatic N) is 5. The lowest BCUT2D eigenvalue weighted by molar-refractivity contribution is -0.136. The third-order valence-corrected chi connectivity index (χ3v) is 6.78. The van der Waals surface area contributed by atoms with E-state index in [2.05, 4.69) is 10.00 Å².